The molecular weight excluding hydrogens is 236 g/mol. The minimum absolute atomic E-state index is 0.221. The normalized spacial score (nSPS) is 38.1. The van der Waals surface area contributed by atoms with Crippen molar-refractivity contribution in [1.29, 1.82) is 0 Å². The second kappa shape index (κ2) is 5.30. The van der Waals surface area contributed by atoms with E-state index < -0.39 is 0 Å². The average molecular weight is 264 g/mol. The summed E-state index contributed by atoms with van der Waals surface area (Å²) in [5, 5.41) is 0. The van der Waals surface area contributed by atoms with Gasteiger partial charge in [-0.05, 0) is 56.8 Å². The number of carbonyl (C=O) groups excluding carboxylic acids is 1. The Kier molecular flexibility index (Phi) is 4.08. The highest BCUT2D eigenvalue weighted by molar-refractivity contribution is 5.87. The van der Waals surface area contributed by atoms with Gasteiger partial charge in [-0.2, -0.15) is 0 Å². The highest BCUT2D eigenvalue weighted by atomic mass is 16.6. The number of ether oxygens (including phenoxy) is 1. The summed E-state index contributed by atoms with van der Waals surface area (Å²) in [7, 11) is 0. The number of carbonyl (C=O) groups is 1. The van der Waals surface area contributed by atoms with Gasteiger partial charge in [-0.15, -0.1) is 0 Å². The molecule has 0 aromatic rings. The maximum absolute atomic E-state index is 11.9. The van der Waals surface area contributed by atoms with Gasteiger partial charge in [0.05, 0.1) is 0 Å². The van der Waals surface area contributed by atoms with Crippen molar-refractivity contribution in [2.75, 3.05) is 0 Å². The first-order valence-electron chi connectivity index (χ1n) is 7.71. The predicted molar refractivity (Wildman–Crippen MR) is 77.7 cm³/mol. The van der Waals surface area contributed by atoms with E-state index in [-0.39, 0.29) is 11.6 Å². The molecule has 0 amide bonds. The second-order valence-electron chi connectivity index (χ2n) is 7.29. The molecule has 2 aliphatic rings. The van der Waals surface area contributed by atoms with Gasteiger partial charge in [-0.3, -0.25) is 0 Å². The van der Waals surface area contributed by atoms with E-state index in [9.17, 15) is 4.79 Å². The van der Waals surface area contributed by atoms with Crippen LogP contribution in [0.3, 0.4) is 0 Å². The summed E-state index contributed by atoms with van der Waals surface area (Å²) < 4.78 is 5.79. The summed E-state index contributed by atoms with van der Waals surface area (Å²) in [6.45, 7) is 12.2. The van der Waals surface area contributed by atoms with Gasteiger partial charge in [-0.1, -0.05) is 33.3 Å². The molecule has 4 atom stereocenters. The van der Waals surface area contributed by atoms with E-state index >= 15 is 0 Å². The Bertz CT molecular complexity index is 371. The van der Waals surface area contributed by atoms with Crippen LogP contribution in [-0.2, 0) is 9.53 Å². The fourth-order valence-corrected chi connectivity index (χ4v) is 4.29. The maximum atomic E-state index is 11.9. The van der Waals surface area contributed by atoms with Crippen molar-refractivity contribution in [2.45, 2.75) is 65.4 Å². The minimum atomic E-state index is -0.281. The van der Waals surface area contributed by atoms with Crippen LogP contribution >= 0.6 is 0 Å². The number of hydrogen-bond donors (Lipinski definition) is 0. The lowest BCUT2D eigenvalue weighted by Gasteiger charge is -2.46. The molecule has 0 aliphatic heterocycles. The molecular formula is C17H28O2. The highest BCUT2D eigenvalue weighted by Crippen LogP contribution is 2.52. The van der Waals surface area contributed by atoms with E-state index in [1.165, 1.54) is 19.3 Å². The van der Waals surface area contributed by atoms with Crippen LogP contribution in [0.2, 0.25) is 0 Å². The zero-order valence-electron chi connectivity index (χ0n) is 12.9. The van der Waals surface area contributed by atoms with E-state index in [0.29, 0.717) is 17.4 Å². The number of fused-ring (bicyclic) bond motifs is 1. The molecule has 0 bridgehead atoms. The molecule has 4 unspecified atom stereocenters. The molecule has 0 aromatic heterocycles. The molecule has 2 saturated carbocycles. The molecule has 0 aromatic carbocycles. The van der Waals surface area contributed by atoms with E-state index in [1.807, 2.05) is 0 Å². The average Bonchev–Trinajstić information content (AvgIpc) is 2.74. The van der Waals surface area contributed by atoms with Gasteiger partial charge in [0, 0.05) is 5.57 Å². The summed E-state index contributed by atoms with van der Waals surface area (Å²) in [6.07, 6.45) is 6.10. The summed E-state index contributed by atoms with van der Waals surface area (Å²) in [5.41, 5.74) is 0.229. The SMILES string of the molecule is C=C(C)C(=O)OC1(C)CC2CCCC2C(C(C)C)C1. The maximum Gasteiger partial charge on any atom is 0.333 e. The number of hydrogen-bond acceptors (Lipinski definition) is 2. The van der Waals surface area contributed by atoms with Gasteiger partial charge in [0.1, 0.15) is 5.60 Å². The van der Waals surface area contributed by atoms with Crippen LogP contribution in [0.4, 0.5) is 0 Å². The van der Waals surface area contributed by atoms with Crippen molar-refractivity contribution < 1.29 is 9.53 Å². The van der Waals surface area contributed by atoms with E-state index in [0.717, 1.165) is 24.7 Å². The molecule has 2 fully saturated rings. The quantitative estimate of drug-likeness (QED) is 0.559. The first-order chi connectivity index (χ1) is 8.82. The first kappa shape index (κ1) is 14.6. The fourth-order valence-electron chi connectivity index (χ4n) is 4.29. The van der Waals surface area contributed by atoms with Crippen molar-refractivity contribution in [3.05, 3.63) is 12.2 Å². The monoisotopic (exact) mass is 264 g/mol. The zero-order valence-corrected chi connectivity index (χ0v) is 12.9. The molecule has 2 nitrogen and oxygen atoms in total. The number of esters is 1. The van der Waals surface area contributed by atoms with Crippen molar-refractivity contribution in [3.8, 4) is 0 Å². The van der Waals surface area contributed by atoms with Crippen LogP contribution in [0, 0.1) is 23.7 Å². The van der Waals surface area contributed by atoms with Gasteiger partial charge >= 0.3 is 5.97 Å². The van der Waals surface area contributed by atoms with Gasteiger partial charge in [-0.25, -0.2) is 4.79 Å². The highest BCUT2D eigenvalue weighted by Gasteiger charge is 2.48. The molecule has 0 spiro atoms. The Balaban J connectivity index is 2.13. The van der Waals surface area contributed by atoms with Crippen LogP contribution in [0.1, 0.15) is 59.8 Å². The molecule has 0 N–H and O–H groups in total. The van der Waals surface area contributed by atoms with Crippen molar-refractivity contribution in [2.24, 2.45) is 23.7 Å². The molecule has 2 heteroatoms. The smallest absolute Gasteiger partial charge is 0.333 e. The van der Waals surface area contributed by atoms with Gasteiger partial charge in [0.25, 0.3) is 0 Å². The largest absolute Gasteiger partial charge is 0.456 e. The van der Waals surface area contributed by atoms with Crippen LogP contribution in [0.15, 0.2) is 12.2 Å². The van der Waals surface area contributed by atoms with E-state index in [1.54, 1.807) is 6.92 Å². The molecule has 0 radical (unpaired) electrons. The Morgan fingerprint density at radius 2 is 2.00 bits per heavy atom. The third-order valence-electron chi connectivity index (χ3n) is 5.17. The van der Waals surface area contributed by atoms with Gasteiger partial charge in [0.2, 0.25) is 0 Å². The van der Waals surface area contributed by atoms with Crippen LogP contribution in [0.5, 0.6) is 0 Å². The molecule has 0 heterocycles. The van der Waals surface area contributed by atoms with Gasteiger partial charge in [0.15, 0.2) is 0 Å². The molecule has 108 valence electrons. The Morgan fingerprint density at radius 1 is 1.32 bits per heavy atom. The topological polar surface area (TPSA) is 26.3 Å². The van der Waals surface area contributed by atoms with Crippen LogP contribution in [-0.4, -0.2) is 11.6 Å². The summed E-state index contributed by atoms with van der Waals surface area (Å²) in [6, 6.07) is 0. The third-order valence-corrected chi connectivity index (χ3v) is 5.17. The van der Waals surface area contributed by atoms with Crippen molar-refractivity contribution >= 4 is 5.97 Å². The standard InChI is InChI=1S/C17H28O2/c1-11(2)15-10-17(5,19-16(18)12(3)4)9-13-7-6-8-14(13)15/h11,13-15H,3,6-10H2,1-2,4-5H3. The lowest BCUT2D eigenvalue weighted by atomic mass is 9.64. The number of rotatable bonds is 3. The summed E-state index contributed by atoms with van der Waals surface area (Å²) >= 11 is 0. The van der Waals surface area contributed by atoms with Crippen molar-refractivity contribution in [1.82, 2.24) is 0 Å². The van der Waals surface area contributed by atoms with E-state index in [4.69, 9.17) is 4.74 Å². The predicted octanol–water partition coefficient (Wildman–Crippen LogP) is 4.35. The van der Waals surface area contributed by atoms with Gasteiger partial charge < -0.3 is 4.74 Å². The third kappa shape index (κ3) is 3.04. The molecule has 2 aliphatic carbocycles. The Labute approximate surface area is 117 Å². The Hall–Kier alpha value is -0.790. The molecule has 19 heavy (non-hydrogen) atoms. The van der Waals surface area contributed by atoms with Crippen LogP contribution in [0.25, 0.3) is 0 Å². The van der Waals surface area contributed by atoms with E-state index in [2.05, 4.69) is 27.4 Å². The molecule has 2 rings (SSSR count). The second-order valence-corrected chi connectivity index (χ2v) is 7.29. The molecule has 0 saturated heterocycles. The summed E-state index contributed by atoms with van der Waals surface area (Å²) in [5.74, 6) is 2.76. The first-order valence-corrected chi connectivity index (χ1v) is 7.71. The fraction of sp³-hybridized carbons (Fsp3) is 0.824. The van der Waals surface area contributed by atoms with Crippen molar-refractivity contribution in [3.63, 3.8) is 0 Å². The summed E-state index contributed by atoms with van der Waals surface area (Å²) in [4.78, 5) is 11.9. The zero-order chi connectivity index (χ0) is 14.2. The lowest BCUT2D eigenvalue weighted by molar-refractivity contribution is -0.163. The Morgan fingerprint density at radius 3 is 2.58 bits per heavy atom. The lowest BCUT2D eigenvalue weighted by Crippen LogP contribution is -2.45. The van der Waals surface area contributed by atoms with Crippen LogP contribution < -0.4 is 0 Å². The minimum Gasteiger partial charge on any atom is -0.456 e.